The summed E-state index contributed by atoms with van der Waals surface area (Å²) in [5.74, 6) is -0.498. The Morgan fingerprint density at radius 1 is 1.18 bits per heavy atom. The molecule has 186 valence electrons. The number of anilines is 1. The third-order valence-corrected chi connectivity index (χ3v) is 5.57. The predicted octanol–water partition coefficient (Wildman–Crippen LogP) is 3.88. The van der Waals surface area contributed by atoms with Gasteiger partial charge in [-0.05, 0) is 26.0 Å². The van der Waals surface area contributed by atoms with Gasteiger partial charge in [-0.15, -0.1) is 11.6 Å². The number of amides is 1. The molecule has 1 saturated heterocycles. The molecule has 2 rings (SSSR count). The number of hydrogen-bond acceptors (Lipinski definition) is 6. The molecule has 0 aliphatic carbocycles. The Morgan fingerprint density at radius 3 is 2.45 bits per heavy atom. The summed E-state index contributed by atoms with van der Waals surface area (Å²) in [6.07, 6.45) is -4.63. The molecule has 0 radical (unpaired) electrons. The zero-order valence-corrected chi connectivity index (χ0v) is 20.2. The van der Waals surface area contributed by atoms with E-state index >= 15 is 0 Å². The molecule has 0 bridgehead atoms. The van der Waals surface area contributed by atoms with Crippen LogP contribution in [0.4, 0.5) is 18.9 Å². The van der Waals surface area contributed by atoms with E-state index < -0.39 is 17.8 Å². The normalized spacial score (nSPS) is 15.1. The van der Waals surface area contributed by atoms with Crippen molar-refractivity contribution < 1.29 is 27.4 Å². The summed E-state index contributed by atoms with van der Waals surface area (Å²) in [5, 5.41) is 5.12. The molecule has 0 aromatic heterocycles. The highest BCUT2D eigenvalue weighted by molar-refractivity contribution is 6.32. The van der Waals surface area contributed by atoms with Gasteiger partial charge in [-0.3, -0.25) is 9.80 Å². The zero-order valence-electron chi connectivity index (χ0n) is 18.7. The molecule has 7 nitrogen and oxygen atoms in total. The quantitative estimate of drug-likeness (QED) is 0.195. The topological polar surface area (TPSA) is 57.6 Å². The lowest BCUT2D eigenvalue weighted by atomic mass is 10.2. The number of piperazine rings is 1. The Morgan fingerprint density at radius 2 is 1.88 bits per heavy atom. The Balaban J connectivity index is 1.93. The van der Waals surface area contributed by atoms with Crippen LogP contribution in [0.2, 0.25) is 5.02 Å². The third-order valence-electron chi connectivity index (χ3n) is 5.00. The molecule has 33 heavy (non-hydrogen) atoms. The van der Waals surface area contributed by atoms with Crippen molar-refractivity contribution in [1.29, 1.82) is 0 Å². The number of nitrogens with zero attached hydrogens (tertiary/aromatic N) is 4. The van der Waals surface area contributed by atoms with Gasteiger partial charge in [-0.2, -0.15) is 18.3 Å². The number of rotatable bonds is 11. The fourth-order valence-corrected chi connectivity index (χ4v) is 3.55. The zero-order chi connectivity index (χ0) is 24.4. The molecular formula is C21H29Cl2F3N4O3. The Hall–Kier alpha value is -1.91. The van der Waals surface area contributed by atoms with Crippen LogP contribution in [0.3, 0.4) is 0 Å². The molecule has 0 N–H and O–H groups in total. The van der Waals surface area contributed by atoms with Crippen LogP contribution in [0.15, 0.2) is 23.3 Å². The Bertz CT molecular complexity index is 803. The number of ether oxygens (including phenoxy) is 2. The number of carbonyl (C=O) groups is 1. The smallest absolute Gasteiger partial charge is 0.432 e. The van der Waals surface area contributed by atoms with E-state index in [1.165, 1.54) is 0 Å². The van der Waals surface area contributed by atoms with E-state index in [-0.39, 0.29) is 19.0 Å². The predicted molar refractivity (Wildman–Crippen MR) is 124 cm³/mol. The fourth-order valence-electron chi connectivity index (χ4n) is 3.17. The van der Waals surface area contributed by atoms with Gasteiger partial charge in [0.25, 0.3) is 0 Å². The largest absolute Gasteiger partial charge is 0.490 e. The van der Waals surface area contributed by atoms with E-state index in [1.807, 2.05) is 19.1 Å². The first kappa shape index (κ1) is 27.3. The standard InChI is InChI=1S/C21H29Cl2F3N4O3/c1-3-30(27-19(14-22)21(24,25)26)15-20(31)29-9-7-28(8-10-29)16-5-6-17(23)18(13-16)33-12-11-32-4-2/h5-6,13H,3-4,7-12,14-15H2,1-2H3/b27-19+. The van der Waals surface area contributed by atoms with Crippen LogP contribution in [-0.2, 0) is 9.53 Å². The first-order valence-electron chi connectivity index (χ1n) is 10.7. The average Bonchev–Trinajstić information content (AvgIpc) is 2.79. The highest BCUT2D eigenvalue weighted by Gasteiger charge is 2.36. The molecule has 1 heterocycles. The minimum atomic E-state index is -4.63. The number of alkyl halides is 4. The highest BCUT2D eigenvalue weighted by Crippen LogP contribution is 2.30. The molecule has 1 aliphatic rings. The maximum absolute atomic E-state index is 12.9. The summed E-state index contributed by atoms with van der Waals surface area (Å²) in [6, 6.07) is 5.49. The van der Waals surface area contributed by atoms with Gasteiger partial charge in [0.2, 0.25) is 5.91 Å². The van der Waals surface area contributed by atoms with Crippen molar-refractivity contribution in [2.75, 3.05) is 69.9 Å². The number of hydrazone groups is 1. The SMILES string of the molecule is CCOCCOc1cc(N2CCN(C(=O)CN(CC)/N=C(\CCl)C(F)(F)F)CC2)ccc1Cl. The van der Waals surface area contributed by atoms with E-state index in [0.717, 1.165) is 10.7 Å². The van der Waals surface area contributed by atoms with Crippen molar-refractivity contribution >= 4 is 40.5 Å². The second-order valence-corrected chi connectivity index (χ2v) is 7.86. The number of likely N-dealkylation sites (N-methyl/N-ethyl adjacent to an activating group) is 1. The first-order valence-corrected chi connectivity index (χ1v) is 11.6. The monoisotopic (exact) mass is 512 g/mol. The van der Waals surface area contributed by atoms with Crippen LogP contribution < -0.4 is 9.64 Å². The molecule has 0 unspecified atom stereocenters. The van der Waals surface area contributed by atoms with E-state index in [4.69, 9.17) is 32.7 Å². The third kappa shape index (κ3) is 8.42. The van der Waals surface area contributed by atoms with Crippen LogP contribution >= 0.6 is 23.2 Å². The fraction of sp³-hybridized carbons (Fsp3) is 0.619. The average molecular weight is 513 g/mol. The molecule has 1 amide bonds. The molecule has 1 aromatic rings. The summed E-state index contributed by atoms with van der Waals surface area (Å²) < 4.78 is 49.7. The lowest BCUT2D eigenvalue weighted by molar-refractivity contribution is -0.132. The van der Waals surface area contributed by atoms with Crippen molar-refractivity contribution in [1.82, 2.24) is 9.91 Å². The van der Waals surface area contributed by atoms with E-state index in [2.05, 4.69) is 10.0 Å². The molecular weight excluding hydrogens is 484 g/mol. The molecule has 0 saturated carbocycles. The van der Waals surface area contributed by atoms with Crippen LogP contribution in [-0.4, -0.2) is 92.7 Å². The maximum atomic E-state index is 12.9. The van der Waals surface area contributed by atoms with Crippen molar-refractivity contribution in [3.63, 3.8) is 0 Å². The van der Waals surface area contributed by atoms with E-state index in [0.29, 0.717) is 56.8 Å². The Labute approximate surface area is 202 Å². The van der Waals surface area contributed by atoms with Crippen LogP contribution in [0.25, 0.3) is 0 Å². The maximum Gasteiger partial charge on any atom is 0.432 e. The summed E-state index contributed by atoms with van der Waals surface area (Å²) in [6.45, 7) is 6.91. The molecule has 1 aliphatic heterocycles. The van der Waals surface area contributed by atoms with Gasteiger partial charge in [-0.1, -0.05) is 11.6 Å². The number of benzene rings is 1. The lowest BCUT2D eigenvalue weighted by Crippen LogP contribution is -2.51. The minimum Gasteiger partial charge on any atom is -0.490 e. The van der Waals surface area contributed by atoms with Gasteiger partial charge >= 0.3 is 6.18 Å². The van der Waals surface area contributed by atoms with Crippen molar-refractivity contribution in [3.05, 3.63) is 23.2 Å². The van der Waals surface area contributed by atoms with Crippen molar-refractivity contribution in [2.24, 2.45) is 5.10 Å². The summed E-state index contributed by atoms with van der Waals surface area (Å²) in [4.78, 5) is 16.4. The summed E-state index contributed by atoms with van der Waals surface area (Å²) in [7, 11) is 0. The second kappa shape index (κ2) is 13.1. The van der Waals surface area contributed by atoms with Crippen molar-refractivity contribution in [3.8, 4) is 5.75 Å². The van der Waals surface area contributed by atoms with Crippen molar-refractivity contribution in [2.45, 2.75) is 20.0 Å². The van der Waals surface area contributed by atoms with Gasteiger partial charge in [0.1, 0.15) is 18.9 Å². The molecule has 12 heteroatoms. The molecule has 1 aromatic carbocycles. The van der Waals surface area contributed by atoms with Gasteiger partial charge in [0, 0.05) is 51.1 Å². The van der Waals surface area contributed by atoms with Crippen LogP contribution in [0.5, 0.6) is 5.75 Å². The minimum absolute atomic E-state index is 0.152. The van der Waals surface area contributed by atoms with Gasteiger partial charge in [-0.25, -0.2) is 0 Å². The van der Waals surface area contributed by atoms with Gasteiger partial charge < -0.3 is 19.3 Å². The van der Waals surface area contributed by atoms with E-state index in [9.17, 15) is 18.0 Å². The Kier molecular flexibility index (Phi) is 10.9. The number of hydrogen-bond donors (Lipinski definition) is 0. The number of halogens is 5. The second-order valence-electron chi connectivity index (χ2n) is 7.19. The first-order chi connectivity index (χ1) is 15.7. The summed E-state index contributed by atoms with van der Waals surface area (Å²) >= 11 is 11.6. The van der Waals surface area contributed by atoms with Crippen LogP contribution in [0, 0.1) is 0 Å². The van der Waals surface area contributed by atoms with Gasteiger partial charge in [0.05, 0.1) is 17.5 Å². The molecule has 1 fully saturated rings. The number of carbonyl (C=O) groups excluding carboxylic acids is 1. The molecule has 0 spiro atoms. The van der Waals surface area contributed by atoms with Crippen LogP contribution in [0.1, 0.15) is 13.8 Å². The van der Waals surface area contributed by atoms with Gasteiger partial charge in [0.15, 0.2) is 5.71 Å². The molecule has 0 atom stereocenters. The lowest BCUT2D eigenvalue weighted by Gasteiger charge is -2.37. The summed E-state index contributed by atoms with van der Waals surface area (Å²) in [5.41, 5.74) is -0.208. The highest BCUT2D eigenvalue weighted by atomic mass is 35.5. The van der Waals surface area contributed by atoms with E-state index in [1.54, 1.807) is 17.9 Å².